The molecule has 1 unspecified atom stereocenters. The summed E-state index contributed by atoms with van der Waals surface area (Å²) in [5.74, 6) is 1.04. The molecule has 2 N–H and O–H groups in total. The summed E-state index contributed by atoms with van der Waals surface area (Å²) >= 11 is 5.98. The molecule has 110 valence electrons. The number of piperidine rings is 1. The van der Waals surface area contributed by atoms with Crippen molar-refractivity contribution in [1.29, 1.82) is 0 Å². The van der Waals surface area contributed by atoms with E-state index in [0.29, 0.717) is 22.3 Å². The Balaban J connectivity index is 2.11. The molecule has 0 radical (unpaired) electrons. The van der Waals surface area contributed by atoms with Gasteiger partial charge in [-0.3, -0.25) is 4.79 Å². The van der Waals surface area contributed by atoms with Crippen molar-refractivity contribution in [3.8, 4) is 5.75 Å². The molecule has 1 aromatic carbocycles. The van der Waals surface area contributed by atoms with Gasteiger partial charge >= 0.3 is 0 Å². The SMILES string of the molecule is COc1ccc(Cl)cc1C(=O)N1CCC(C(C)N)CC1. The Labute approximate surface area is 124 Å². The highest BCUT2D eigenvalue weighted by molar-refractivity contribution is 6.31. The number of carbonyl (C=O) groups excluding carboxylic acids is 1. The molecule has 1 fully saturated rings. The first kappa shape index (κ1) is 15.1. The highest BCUT2D eigenvalue weighted by Gasteiger charge is 2.27. The summed E-state index contributed by atoms with van der Waals surface area (Å²) in [6.45, 7) is 3.50. The molecule has 1 heterocycles. The lowest BCUT2D eigenvalue weighted by atomic mass is 9.90. The second-order valence-electron chi connectivity index (χ2n) is 5.33. The van der Waals surface area contributed by atoms with E-state index in [1.165, 1.54) is 0 Å². The molecule has 1 amide bonds. The van der Waals surface area contributed by atoms with E-state index >= 15 is 0 Å². The number of likely N-dealkylation sites (tertiary alicyclic amines) is 1. The Morgan fingerprint density at radius 1 is 1.45 bits per heavy atom. The molecule has 20 heavy (non-hydrogen) atoms. The number of ether oxygens (including phenoxy) is 1. The van der Waals surface area contributed by atoms with Gasteiger partial charge in [-0.1, -0.05) is 11.6 Å². The third-order valence-electron chi connectivity index (χ3n) is 3.96. The van der Waals surface area contributed by atoms with Gasteiger partial charge in [-0.25, -0.2) is 0 Å². The standard InChI is InChI=1S/C15H21ClN2O2/c1-10(17)11-5-7-18(8-6-11)15(19)13-9-12(16)3-4-14(13)20-2/h3-4,9-11H,5-8,17H2,1-2H3. The second-order valence-corrected chi connectivity index (χ2v) is 5.77. The van der Waals surface area contributed by atoms with Gasteiger partial charge < -0.3 is 15.4 Å². The first-order valence-corrected chi connectivity index (χ1v) is 7.29. The first-order chi connectivity index (χ1) is 9.52. The second kappa shape index (κ2) is 6.46. The van der Waals surface area contributed by atoms with E-state index in [4.69, 9.17) is 22.1 Å². The average molecular weight is 297 g/mol. The fourth-order valence-corrected chi connectivity index (χ4v) is 2.82. The van der Waals surface area contributed by atoms with Crippen molar-refractivity contribution in [3.63, 3.8) is 0 Å². The molecule has 2 rings (SSSR count). The summed E-state index contributed by atoms with van der Waals surface area (Å²) in [6, 6.07) is 5.30. The van der Waals surface area contributed by atoms with Crippen LogP contribution in [0.15, 0.2) is 18.2 Å². The van der Waals surface area contributed by atoms with E-state index in [2.05, 4.69) is 0 Å². The summed E-state index contributed by atoms with van der Waals surface area (Å²) in [5.41, 5.74) is 6.45. The van der Waals surface area contributed by atoms with Crippen LogP contribution in [0.5, 0.6) is 5.75 Å². The van der Waals surface area contributed by atoms with Crippen LogP contribution in [0.3, 0.4) is 0 Å². The van der Waals surface area contributed by atoms with Gasteiger partial charge in [-0.2, -0.15) is 0 Å². The minimum atomic E-state index is -0.0209. The maximum absolute atomic E-state index is 12.6. The predicted octanol–water partition coefficient (Wildman–Crippen LogP) is 2.55. The van der Waals surface area contributed by atoms with Crippen molar-refractivity contribution in [2.75, 3.05) is 20.2 Å². The van der Waals surface area contributed by atoms with Crippen LogP contribution in [0.2, 0.25) is 5.02 Å². The van der Waals surface area contributed by atoms with Gasteiger partial charge in [0.25, 0.3) is 5.91 Å². The maximum Gasteiger partial charge on any atom is 0.257 e. The zero-order valence-corrected chi connectivity index (χ0v) is 12.7. The van der Waals surface area contributed by atoms with Crippen molar-refractivity contribution >= 4 is 17.5 Å². The van der Waals surface area contributed by atoms with Gasteiger partial charge in [0.15, 0.2) is 0 Å². The van der Waals surface area contributed by atoms with Crippen molar-refractivity contribution in [2.24, 2.45) is 11.7 Å². The summed E-state index contributed by atoms with van der Waals surface area (Å²) < 4.78 is 5.25. The molecule has 0 aromatic heterocycles. The van der Waals surface area contributed by atoms with E-state index in [9.17, 15) is 4.79 Å². The minimum Gasteiger partial charge on any atom is -0.496 e. The Morgan fingerprint density at radius 3 is 2.65 bits per heavy atom. The average Bonchev–Trinajstić information content (AvgIpc) is 2.46. The Bertz CT molecular complexity index is 483. The van der Waals surface area contributed by atoms with Crippen LogP contribution in [0.25, 0.3) is 0 Å². The number of carbonyl (C=O) groups is 1. The maximum atomic E-state index is 12.6. The molecule has 0 saturated carbocycles. The molecule has 1 aromatic rings. The minimum absolute atomic E-state index is 0.0209. The molecule has 4 nitrogen and oxygen atoms in total. The highest BCUT2D eigenvalue weighted by Crippen LogP contribution is 2.26. The molecular formula is C15H21ClN2O2. The molecule has 5 heteroatoms. The lowest BCUT2D eigenvalue weighted by molar-refractivity contribution is 0.0677. The van der Waals surface area contributed by atoms with E-state index in [-0.39, 0.29) is 11.9 Å². The van der Waals surface area contributed by atoms with Gasteiger partial charge in [0.2, 0.25) is 0 Å². The fourth-order valence-electron chi connectivity index (χ4n) is 2.65. The molecule has 1 aliphatic rings. The Hall–Kier alpha value is -1.26. The van der Waals surface area contributed by atoms with Crippen LogP contribution >= 0.6 is 11.6 Å². The zero-order valence-electron chi connectivity index (χ0n) is 11.9. The zero-order chi connectivity index (χ0) is 14.7. The van der Waals surface area contributed by atoms with Crippen molar-refractivity contribution < 1.29 is 9.53 Å². The number of benzene rings is 1. The lowest BCUT2D eigenvalue weighted by Gasteiger charge is -2.34. The summed E-state index contributed by atoms with van der Waals surface area (Å²) in [5, 5.41) is 0.541. The predicted molar refractivity (Wildman–Crippen MR) is 80.3 cm³/mol. The smallest absolute Gasteiger partial charge is 0.257 e. The van der Waals surface area contributed by atoms with Crippen molar-refractivity contribution in [2.45, 2.75) is 25.8 Å². The van der Waals surface area contributed by atoms with Gasteiger partial charge in [0, 0.05) is 24.2 Å². The number of amides is 1. The molecule has 1 atom stereocenters. The number of nitrogens with zero attached hydrogens (tertiary/aromatic N) is 1. The van der Waals surface area contributed by atoms with Gasteiger partial charge in [-0.05, 0) is 43.9 Å². The molecule has 0 aliphatic carbocycles. The third-order valence-corrected chi connectivity index (χ3v) is 4.20. The number of hydrogen-bond donors (Lipinski definition) is 1. The Kier molecular flexibility index (Phi) is 4.89. The summed E-state index contributed by atoms with van der Waals surface area (Å²) in [7, 11) is 1.56. The van der Waals surface area contributed by atoms with Gasteiger partial charge in [0.05, 0.1) is 12.7 Å². The first-order valence-electron chi connectivity index (χ1n) is 6.91. The van der Waals surface area contributed by atoms with Crippen LogP contribution in [-0.4, -0.2) is 37.0 Å². The van der Waals surface area contributed by atoms with Crippen LogP contribution in [0.4, 0.5) is 0 Å². The van der Waals surface area contributed by atoms with E-state index < -0.39 is 0 Å². The molecule has 1 saturated heterocycles. The van der Waals surface area contributed by atoms with E-state index in [1.54, 1.807) is 25.3 Å². The quantitative estimate of drug-likeness (QED) is 0.932. The van der Waals surface area contributed by atoms with E-state index in [1.807, 2.05) is 11.8 Å². The topological polar surface area (TPSA) is 55.6 Å². The van der Waals surface area contributed by atoms with Gasteiger partial charge in [0.1, 0.15) is 5.75 Å². The monoisotopic (exact) mass is 296 g/mol. The van der Waals surface area contributed by atoms with Crippen molar-refractivity contribution in [1.82, 2.24) is 4.90 Å². The van der Waals surface area contributed by atoms with Crippen LogP contribution < -0.4 is 10.5 Å². The number of methoxy groups -OCH3 is 1. The fraction of sp³-hybridized carbons (Fsp3) is 0.533. The molecular weight excluding hydrogens is 276 g/mol. The van der Waals surface area contributed by atoms with Crippen molar-refractivity contribution in [3.05, 3.63) is 28.8 Å². The number of nitrogens with two attached hydrogens (primary N) is 1. The third kappa shape index (κ3) is 3.25. The largest absolute Gasteiger partial charge is 0.496 e. The highest BCUT2D eigenvalue weighted by atomic mass is 35.5. The molecule has 0 bridgehead atoms. The lowest BCUT2D eigenvalue weighted by Crippen LogP contribution is -2.42. The van der Waals surface area contributed by atoms with Crippen LogP contribution in [0, 0.1) is 5.92 Å². The molecule has 0 spiro atoms. The molecule has 1 aliphatic heterocycles. The number of rotatable bonds is 3. The number of hydrogen-bond acceptors (Lipinski definition) is 3. The summed E-state index contributed by atoms with van der Waals surface area (Å²) in [4.78, 5) is 14.4. The summed E-state index contributed by atoms with van der Waals surface area (Å²) in [6.07, 6.45) is 1.90. The number of halogens is 1. The van der Waals surface area contributed by atoms with Crippen LogP contribution in [-0.2, 0) is 0 Å². The van der Waals surface area contributed by atoms with Gasteiger partial charge in [-0.15, -0.1) is 0 Å². The van der Waals surface area contributed by atoms with Crippen LogP contribution in [0.1, 0.15) is 30.1 Å². The Morgan fingerprint density at radius 2 is 2.10 bits per heavy atom. The normalized spacial score (nSPS) is 17.9. The van der Waals surface area contributed by atoms with E-state index in [0.717, 1.165) is 25.9 Å².